The topological polar surface area (TPSA) is 32.7 Å². The molecule has 0 bridgehead atoms. The van der Waals surface area contributed by atoms with E-state index in [0.717, 1.165) is 31.2 Å². The normalized spacial score (nSPS) is 18.2. The van der Waals surface area contributed by atoms with E-state index in [-0.39, 0.29) is 6.04 Å². The Hall–Kier alpha value is -0.900. The number of benzene rings is 1. The fourth-order valence-corrected chi connectivity index (χ4v) is 2.85. The second-order valence-electron chi connectivity index (χ2n) is 6.59. The van der Waals surface area contributed by atoms with E-state index in [9.17, 15) is 5.11 Å². The predicted octanol–water partition coefficient (Wildman–Crippen LogP) is 3.10. The van der Waals surface area contributed by atoms with Crippen molar-refractivity contribution in [2.75, 3.05) is 26.8 Å². The van der Waals surface area contributed by atoms with Crippen LogP contribution in [0.4, 0.5) is 0 Å². The summed E-state index contributed by atoms with van der Waals surface area (Å²) in [7, 11) is 2.08. The average Bonchev–Trinajstić information content (AvgIpc) is 3.28. The Morgan fingerprint density at radius 2 is 1.90 bits per heavy atom. The van der Waals surface area contributed by atoms with Gasteiger partial charge >= 0.3 is 0 Å². The molecule has 0 spiro atoms. The molecule has 3 heteroatoms. The number of rotatable bonds is 9. The number of aliphatic hydroxyl groups excluding tert-OH is 1. The maximum Gasteiger partial charge on any atom is 0.0947 e. The molecule has 0 radical (unpaired) electrons. The van der Waals surface area contributed by atoms with Crippen molar-refractivity contribution in [2.24, 2.45) is 11.8 Å². The lowest BCUT2D eigenvalue weighted by Gasteiger charge is -2.35. The van der Waals surface area contributed by atoms with Crippen LogP contribution in [0, 0.1) is 11.8 Å². The number of hydrogen-bond acceptors (Lipinski definition) is 3. The van der Waals surface area contributed by atoms with Gasteiger partial charge in [-0.3, -0.25) is 4.90 Å². The summed E-state index contributed by atoms with van der Waals surface area (Å²) in [6.07, 6.45) is 2.20. The van der Waals surface area contributed by atoms with Crippen molar-refractivity contribution in [1.82, 2.24) is 4.90 Å². The van der Waals surface area contributed by atoms with Crippen LogP contribution in [0.15, 0.2) is 30.3 Å². The van der Waals surface area contributed by atoms with Crippen molar-refractivity contribution < 1.29 is 9.84 Å². The number of ether oxygens (including phenoxy) is 1. The minimum atomic E-state index is -0.459. The standard InChI is InChI=1S/C18H29NO2/c1-14(2)17(18(20)16-7-5-4-6-8-16)19(3)11-12-21-13-15-9-10-15/h4-8,14-15,17-18,20H,9-13H2,1-3H3. The van der Waals surface area contributed by atoms with Crippen LogP contribution < -0.4 is 0 Å². The summed E-state index contributed by atoms with van der Waals surface area (Å²) < 4.78 is 5.72. The van der Waals surface area contributed by atoms with Crippen LogP contribution in [0.5, 0.6) is 0 Å². The largest absolute Gasteiger partial charge is 0.387 e. The molecule has 0 heterocycles. The summed E-state index contributed by atoms with van der Waals surface area (Å²) in [6, 6.07) is 10.0. The van der Waals surface area contributed by atoms with E-state index in [0.29, 0.717) is 5.92 Å². The zero-order valence-corrected chi connectivity index (χ0v) is 13.5. The number of aliphatic hydroxyl groups is 1. The lowest BCUT2D eigenvalue weighted by molar-refractivity contribution is 0.0172. The van der Waals surface area contributed by atoms with Gasteiger partial charge in [0.05, 0.1) is 12.7 Å². The maximum atomic E-state index is 10.7. The Balaban J connectivity index is 1.87. The molecule has 1 saturated carbocycles. The van der Waals surface area contributed by atoms with Gasteiger partial charge in [0.2, 0.25) is 0 Å². The predicted molar refractivity (Wildman–Crippen MR) is 86.2 cm³/mol. The summed E-state index contributed by atoms with van der Waals surface area (Å²) in [5, 5.41) is 10.7. The van der Waals surface area contributed by atoms with E-state index >= 15 is 0 Å². The van der Waals surface area contributed by atoms with Gasteiger partial charge < -0.3 is 9.84 Å². The van der Waals surface area contributed by atoms with Crippen LogP contribution in [-0.2, 0) is 4.74 Å². The summed E-state index contributed by atoms with van der Waals surface area (Å²) in [5.41, 5.74) is 0.988. The molecule has 0 aromatic heterocycles. The zero-order valence-electron chi connectivity index (χ0n) is 13.5. The fourth-order valence-electron chi connectivity index (χ4n) is 2.85. The first-order chi connectivity index (χ1) is 10.1. The minimum absolute atomic E-state index is 0.108. The van der Waals surface area contributed by atoms with E-state index in [4.69, 9.17) is 4.74 Å². The van der Waals surface area contributed by atoms with Gasteiger partial charge in [0, 0.05) is 19.2 Å². The Bertz CT molecular complexity index is 403. The second kappa shape index (κ2) is 7.92. The Labute approximate surface area is 128 Å². The van der Waals surface area contributed by atoms with Crippen molar-refractivity contribution in [1.29, 1.82) is 0 Å². The van der Waals surface area contributed by atoms with Crippen LogP contribution in [0.25, 0.3) is 0 Å². The SMILES string of the molecule is CC(C)C(C(O)c1ccccc1)N(C)CCOCC1CC1. The second-order valence-corrected chi connectivity index (χ2v) is 6.59. The molecule has 0 amide bonds. The van der Waals surface area contributed by atoms with Crippen molar-refractivity contribution in [3.8, 4) is 0 Å². The molecule has 0 saturated heterocycles. The lowest BCUT2D eigenvalue weighted by Crippen LogP contribution is -2.42. The van der Waals surface area contributed by atoms with Gasteiger partial charge in [-0.25, -0.2) is 0 Å². The molecular weight excluding hydrogens is 262 g/mol. The van der Waals surface area contributed by atoms with E-state index in [1.807, 2.05) is 30.3 Å². The molecule has 2 rings (SSSR count). The van der Waals surface area contributed by atoms with Crippen LogP contribution >= 0.6 is 0 Å². The maximum absolute atomic E-state index is 10.7. The van der Waals surface area contributed by atoms with Crippen molar-refractivity contribution in [2.45, 2.75) is 38.8 Å². The van der Waals surface area contributed by atoms with Gasteiger partial charge in [-0.05, 0) is 37.3 Å². The van der Waals surface area contributed by atoms with Crippen molar-refractivity contribution in [3.63, 3.8) is 0 Å². The molecule has 1 aromatic carbocycles. The highest BCUT2D eigenvalue weighted by Gasteiger charge is 2.28. The minimum Gasteiger partial charge on any atom is -0.387 e. The Morgan fingerprint density at radius 3 is 2.48 bits per heavy atom. The summed E-state index contributed by atoms with van der Waals surface area (Å²) in [5.74, 6) is 1.19. The first-order valence-corrected chi connectivity index (χ1v) is 8.10. The third-order valence-electron chi connectivity index (χ3n) is 4.30. The molecule has 1 aliphatic carbocycles. The van der Waals surface area contributed by atoms with E-state index < -0.39 is 6.10 Å². The first kappa shape index (κ1) is 16.5. The summed E-state index contributed by atoms with van der Waals surface area (Å²) >= 11 is 0. The number of nitrogens with zero attached hydrogens (tertiary/aromatic N) is 1. The van der Waals surface area contributed by atoms with Crippen LogP contribution in [0.3, 0.4) is 0 Å². The van der Waals surface area contributed by atoms with E-state index in [2.05, 4.69) is 25.8 Å². The molecule has 1 N–H and O–H groups in total. The molecule has 2 unspecified atom stereocenters. The van der Waals surface area contributed by atoms with Crippen molar-refractivity contribution in [3.05, 3.63) is 35.9 Å². The smallest absolute Gasteiger partial charge is 0.0947 e. The molecular formula is C18H29NO2. The molecule has 3 nitrogen and oxygen atoms in total. The average molecular weight is 291 g/mol. The molecule has 1 aliphatic rings. The van der Waals surface area contributed by atoms with Gasteiger partial charge in [0.25, 0.3) is 0 Å². The Morgan fingerprint density at radius 1 is 1.24 bits per heavy atom. The third-order valence-corrected chi connectivity index (χ3v) is 4.30. The molecule has 21 heavy (non-hydrogen) atoms. The van der Waals surface area contributed by atoms with Crippen molar-refractivity contribution >= 4 is 0 Å². The highest BCUT2D eigenvalue weighted by atomic mass is 16.5. The molecule has 1 aromatic rings. The highest BCUT2D eigenvalue weighted by molar-refractivity contribution is 5.19. The molecule has 0 aliphatic heterocycles. The van der Waals surface area contributed by atoms with Crippen LogP contribution in [-0.4, -0.2) is 42.9 Å². The van der Waals surface area contributed by atoms with Crippen LogP contribution in [0.1, 0.15) is 38.4 Å². The highest BCUT2D eigenvalue weighted by Crippen LogP contribution is 2.29. The van der Waals surface area contributed by atoms with Gasteiger partial charge in [0.1, 0.15) is 0 Å². The van der Waals surface area contributed by atoms with Gasteiger partial charge in [-0.15, -0.1) is 0 Å². The van der Waals surface area contributed by atoms with Gasteiger partial charge in [-0.2, -0.15) is 0 Å². The number of hydrogen-bond donors (Lipinski definition) is 1. The first-order valence-electron chi connectivity index (χ1n) is 8.10. The van der Waals surface area contributed by atoms with E-state index in [1.165, 1.54) is 12.8 Å². The summed E-state index contributed by atoms with van der Waals surface area (Å²) in [4.78, 5) is 2.23. The Kier molecular flexibility index (Phi) is 6.22. The monoisotopic (exact) mass is 291 g/mol. The fraction of sp³-hybridized carbons (Fsp3) is 0.667. The molecule has 2 atom stereocenters. The molecule has 1 fully saturated rings. The number of likely N-dealkylation sites (N-methyl/N-ethyl adjacent to an activating group) is 1. The zero-order chi connectivity index (χ0) is 15.2. The van der Waals surface area contributed by atoms with E-state index in [1.54, 1.807) is 0 Å². The quantitative estimate of drug-likeness (QED) is 0.710. The van der Waals surface area contributed by atoms with Gasteiger partial charge in [-0.1, -0.05) is 44.2 Å². The summed E-state index contributed by atoms with van der Waals surface area (Å²) in [6.45, 7) is 6.84. The van der Waals surface area contributed by atoms with Gasteiger partial charge in [0.15, 0.2) is 0 Å². The molecule has 118 valence electrons. The third kappa shape index (κ3) is 5.10. The lowest BCUT2D eigenvalue weighted by atomic mass is 9.92. The van der Waals surface area contributed by atoms with Crippen LogP contribution in [0.2, 0.25) is 0 Å².